The van der Waals surface area contributed by atoms with Gasteiger partial charge in [0.2, 0.25) is 0 Å². The zero-order chi connectivity index (χ0) is 14.7. The van der Waals surface area contributed by atoms with E-state index in [9.17, 15) is 0 Å². The van der Waals surface area contributed by atoms with E-state index >= 15 is 0 Å². The smallest absolute Gasteiger partial charge is 0.120 e. The molecule has 0 heterocycles. The van der Waals surface area contributed by atoms with Gasteiger partial charge in [0.05, 0.1) is 7.11 Å². The van der Waals surface area contributed by atoms with Crippen molar-refractivity contribution in [2.24, 2.45) is 17.6 Å². The van der Waals surface area contributed by atoms with Crippen molar-refractivity contribution < 1.29 is 4.74 Å². The zero-order valence-electron chi connectivity index (χ0n) is 12.5. The topological polar surface area (TPSA) is 47.3 Å². The van der Waals surface area contributed by atoms with Crippen LogP contribution in [0, 0.1) is 11.8 Å². The SMILES string of the molecule is COc1ccc(C(N)=S)c(NC2CCC(C)C(C)C2)c1. The average molecular weight is 292 g/mol. The summed E-state index contributed by atoms with van der Waals surface area (Å²) in [5.74, 6) is 2.39. The van der Waals surface area contributed by atoms with E-state index in [1.54, 1.807) is 7.11 Å². The number of rotatable bonds is 4. The highest BCUT2D eigenvalue weighted by molar-refractivity contribution is 7.80. The van der Waals surface area contributed by atoms with Gasteiger partial charge in [-0.05, 0) is 43.2 Å². The maximum Gasteiger partial charge on any atom is 0.120 e. The molecule has 1 aromatic carbocycles. The van der Waals surface area contributed by atoms with Crippen LogP contribution in [0.1, 0.15) is 38.7 Å². The lowest BCUT2D eigenvalue weighted by atomic mass is 9.79. The molecule has 1 aliphatic carbocycles. The number of nitrogens with one attached hydrogen (secondary N) is 1. The normalized spacial score (nSPS) is 26.1. The largest absolute Gasteiger partial charge is 0.497 e. The Kier molecular flexibility index (Phi) is 4.86. The van der Waals surface area contributed by atoms with Gasteiger partial charge >= 0.3 is 0 Å². The molecule has 0 amide bonds. The molecule has 110 valence electrons. The molecule has 1 aromatic rings. The second-order valence-corrected chi connectivity index (χ2v) is 6.32. The number of anilines is 1. The van der Waals surface area contributed by atoms with E-state index in [1.165, 1.54) is 19.3 Å². The third kappa shape index (κ3) is 3.42. The van der Waals surface area contributed by atoms with Gasteiger partial charge in [-0.2, -0.15) is 0 Å². The van der Waals surface area contributed by atoms with Gasteiger partial charge in [-0.15, -0.1) is 0 Å². The summed E-state index contributed by atoms with van der Waals surface area (Å²) in [6.45, 7) is 4.67. The molecule has 3 nitrogen and oxygen atoms in total. The number of ether oxygens (including phenoxy) is 1. The third-order valence-electron chi connectivity index (χ3n) is 4.45. The molecule has 0 aromatic heterocycles. The van der Waals surface area contributed by atoms with Crippen LogP contribution in [-0.4, -0.2) is 18.1 Å². The molecule has 0 bridgehead atoms. The summed E-state index contributed by atoms with van der Waals surface area (Å²) in [6, 6.07) is 6.29. The van der Waals surface area contributed by atoms with Gasteiger partial charge in [0, 0.05) is 23.4 Å². The van der Waals surface area contributed by atoms with Crippen molar-refractivity contribution in [1.82, 2.24) is 0 Å². The lowest BCUT2D eigenvalue weighted by Crippen LogP contribution is -2.31. The maximum absolute atomic E-state index is 5.81. The van der Waals surface area contributed by atoms with E-state index < -0.39 is 0 Å². The van der Waals surface area contributed by atoms with Crippen LogP contribution >= 0.6 is 12.2 Å². The first-order valence-corrected chi connectivity index (χ1v) is 7.66. The summed E-state index contributed by atoms with van der Waals surface area (Å²) in [5, 5.41) is 3.61. The molecule has 2 rings (SSSR count). The highest BCUT2D eigenvalue weighted by atomic mass is 32.1. The predicted octanol–water partition coefficient (Wildman–Crippen LogP) is 3.57. The lowest BCUT2D eigenvalue weighted by Gasteiger charge is -2.33. The number of methoxy groups -OCH3 is 1. The fourth-order valence-corrected chi connectivity index (χ4v) is 3.06. The van der Waals surface area contributed by atoms with Crippen LogP contribution in [0.3, 0.4) is 0 Å². The number of hydrogen-bond donors (Lipinski definition) is 2. The van der Waals surface area contributed by atoms with Crippen molar-refractivity contribution in [3.05, 3.63) is 23.8 Å². The molecule has 1 fully saturated rings. The highest BCUT2D eigenvalue weighted by Crippen LogP contribution is 2.32. The Morgan fingerprint density at radius 1 is 1.30 bits per heavy atom. The number of hydrogen-bond acceptors (Lipinski definition) is 3. The molecular formula is C16H24N2OS. The summed E-state index contributed by atoms with van der Waals surface area (Å²) < 4.78 is 5.29. The fourth-order valence-electron chi connectivity index (χ4n) is 2.88. The van der Waals surface area contributed by atoms with E-state index in [2.05, 4.69) is 19.2 Å². The zero-order valence-corrected chi connectivity index (χ0v) is 13.3. The Morgan fingerprint density at radius 2 is 2.05 bits per heavy atom. The molecule has 3 unspecified atom stereocenters. The maximum atomic E-state index is 5.81. The Bertz CT molecular complexity index is 489. The molecule has 0 saturated heterocycles. The van der Waals surface area contributed by atoms with Crippen LogP contribution in [0.15, 0.2) is 18.2 Å². The monoisotopic (exact) mass is 292 g/mol. The lowest BCUT2D eigenvalue weighted by molar-refractivity contribution is 0.261. The summed E-state index contributed by atoms with van der Waals surface area (Å²) >= 11 is 5.14. The van der Waals surface area contributed by atoms with Gasteiger partial charge < -0.3 is 15.8 Å². The van der Waals surface area contributed by atoms with Crippen molar-refractivity contribution in [3.8, 4) is 5.75 Å². The Balaban J connectivity index is 2.17. The van der Waals surface area contributed by atoms with Crippen LogP contribution in [0.5, 0.6) is 5.75 Å². The van der Waals surface area contributed by atoms with Crippen LogP contribution in [-0.2, 0) is 0 Å². The van der Waals surface area contributed by atoms with Crippen molar-refractivity contribution in [2.75, 3.05) is 12.4 Å². The van der Waals surface area contributed by atoms with Crippen LogP contribution < -0.4 is 15.8 Å². The molecule has 1 aliphatic rings. The first-order valence-electron chi connectivity index (χ1n) is 7.25. The number of nitrogens with two attached hydrogens (primary N) is 1. The minimum absolute atomic E-state index is 0.423. The minimum atomic E-state index is 0.423. The number of benzene rings is 1. The molecule has 3 N–H and O–H groups in total. The Hall–Kier alpha value is -1.29. The van der Waals surface area contributed by atoms with Crippen molar-refractivity contribution >= 4 is 22.9 Å². The summed E-state index contributed by atoms with van der Waals surface area (Å²) in [4.78, 5) is 0.423. The van der Waals surface area contributed by atoms with Gasteiger partial charge in [0.15, 0.2) is 0 Å². The molecule has 20 heavy (non-hydrogen) atoms. The van der Waals surface area contributed by atoms with Gasteiger partial charge in [-0.3, -0.25) is 0 Å². The van der Waals surface area contributed by atoms with E-state index in [1.807, 2.05) is 18.2 Å². The van der Waals surface area contributed by atoms with Crippen molar-refractivity contribution in [1.29, 1.82) is 0 Å². The second-order valence-electron chi connectivity index (χ2n) is 5.88. The molecule has 0 aliphatic heterocycles. The van der Waals surface area contributed by atoms with E-state index in [4.69, 9.17) is 22.7 Å². The van der Waals surface area contributed by atoms with Crippen LogP contribution in [0.4, 0.5) is 5.69 Å². The van der Waals surface area contributed by atoms with Crippen LogP contribution in [0.2, 0.25) is 0 Å². The minimum Gasteiger partial charge on any atom is -0.497 e. The summed E-state index contributed by atoms with van der Waals surface area (Å²) in [6.07, 6.45) is 3.65. The fraction of sp³-hybridized carbons (Fsp3) is 0.562. The van der Waals surface area contributed by atoms with E-state index in [0.29, 0.717) is 11.0 Å². The molecule has 0 spiro atoms. The summed E-state index contributed by atoms with van der Waals surface area (Å²) in [7, 11) is 1.67. The number of thiocarbonyl (C=S) groups is 1. The Morgan fingerprint density at radius 3 is 2.65 bits per heavy atom. The Labute approximate surface area is 126 Å². The average Bonchev–Trinajstić information content (AvgIpc) is 2.42. The van der Waals surface area contributed by atoms with Gasteiger partial charge in [-0.1, -0.05) is 26.1 Å². The highest BCUT2D eigenvalue weighted by Gasteiger charge is 2.25. The standard InChI is InChI=1S/C16H24N2OS/c1-10-4-5-12(8-11(10)2)18-15-9-13(19-3)6-7-14(15)16(17)20/h6-7,9-12,18H,4-5,8H2,1-3H3,(H2,17,20). The molecule has 1 saturated carbocycles. The van der Waals surface area contributed by atoms with Gasteiger partial charge in [0.1, 0.15) is 10.7 Å². The second kappa shape index (κ2) is 6.44. The van der Waals surface area contributed by atoms with Crippen molar-refractivity contribution in [3.63, 3.8) is 0 Å². The third-order valence-corrected chi connectivity index (χ3v) is 4.67. The predicted molar refractivity (Wildman–Crippen MR) is 88.5 cm³/mol. The molecular weight excluding hydrogens is 268 g/mol. The van der Waals surface area contributed by atoms with E-state index in [0.717, 1.165) is 28.8 Å². The van der Waals surface area contributed by atoms with Crippen molar-refractivity contribution in [2.45, 2.75) is 39.2 Å². The van der Waals surface area contributed by atoms with E-state index in [-0.39, 0.29) is 0 Å². The first kappa shape index (κ1) is 15.1. The van der Waals surface area contributed by atoms with Gasteiger partial charge in [-0.25, -0.2) is 0 Å². The quantitative estimate of drug-likeness (QED) is 0.833. The van der Waals surface area contributed by atoms with Gasteiger partial charge in [0.25, 0.3) is 0 Å². The molecule has 4 heteroatoms. The molecule has 3 atom stereocenters. The van der Waals surface area contributed by atoms with Crippen LogP contribution in [0.25, 0.3) is 0 Å². The summed E-state index contributed by atoms with van der Waals surface area (Å²) in [5.41, 5.74) is 7.70. The first-order chi connectivity index (χ1) is 9.51. The molecule has 0 radical (unpaired) electrons.